The van der Waals surface area contributed by atoms with Crippen LogP contribution in [0.5, 0.6) is 0 Å². The lowest BCUT2D eigenvalue weighted by molar-refractivity contribution is 0.0633. The predicted octanol–water partition coefficient (Wildman–Crippen LogP) is 4.14. The molecule has 2 saturated carbocycles. The minimum absolute atomic E-state index is 0.00750. The Morgan fingerprint density at radius 3 is 2.25 bits per heavy atom. The van der Waals surface area contributed by atoms with Crippen LogP contribution in [0.2, 0.25) is 0 Å². The first-order valence-electron chi connectivity index (χ1n) is 7.43. The molecule has 0 saturated heterocycles. The second kappa shape index (κ2) is 6.05. The van der Waals surface area contributed by atoms with Gasteiger partial charge in [-0.05, 0) is 43.4 Å². The first kappa shape index (κ1) is 12.4. The lowest BCUT2D eigenvalue weighted by Crippen LogP contribution is -2.25. The van der Waals surface area contributed by atoms with Crippen LogP contribution in [-0.2, 0) is 0 Å². The van der Waals surface area contributed by atoms with E-state index in [1.165, 1.54) is 57.8 Å². The Kier molecular flexibility index (Phi) is 4.69. The standard InChI is InChI=1S/C15H28O/c1-12-6-9-14(10-7-12)15(16)11-8-13-4-2-3-5-13/h12-16H,2-11H2,1H3. The SMILES string of the molecule is CC1CCC(C(O)CCC2CCCC2)CC1. The Bertz CT molecular complexity index is 188. The van der Waals surface area contributed by atoms with E-state index in [1.54, 1.807) is 0 Å². The number of aliphatic hydroxyl groups is 1. The van der Waals surface area contributed by atoms with E-state index in [4.69, 9.17) is 0 Å². The van der Waals surface area contributed by atoms with Crippen molar-refractivity contribution in [3.8, 4) is 0 Å². The van der Waals surface area contributed by atoms with Crippen molar-refractivity contribution in [3.63, 3.8) is 0 Å². The van der Waals surface area contributed by atoms with Crippen molar-refractivity contribution in [2.45, 2.75) is 77.2 Å². The summed E-state index contributed by atoms with van der Waals surface area (Å²) in [6.07, 6.45) is 13.3. The van der Waals surface area contributed by atoms with Gasteiger partial charge < -0.3 is 5.11 Å². The fourth-order valence-electron chi connectivity index (χ4n) is 3.61. The zero-order valence-corrected chi connectivity index (χ0v) is 10.8. The van der Waals surface area contributed by atoms with Gasteiger partial charge in [0.25, 0.3) is 0 Å². The summed E-state index contributed by atoms with van der Waals surface area (Å²) in [5.74, 6) is 2.47. The van der Waals surface area contributed by atoms with Crippen molar-refractivity contribution >= 4 is 0 Å². The van der Waals surface area contributed by atoms with Gasteiger partial charge in [-0.2, -0.15) is 0 Å². The third-order valence-corrected chi connectivity index (χ3v) is 4.95. The summed E-state index contributed by atoms with van der Waals surface area (Å²) in [5.41, 5.74) is 0. The van der Waals surface area contributed by atoms with Crippen molar-refractivity contribution < 1.29 is 5.11 Å². The summed E-state index contributed by atoms with van der Waals surface area (Å²) in [5, 5.41) is 10.2. The van der Waals surface area contributed by atoms with Crippen LogP contribution in [0.15, 0.2) is 0 Å². The van der Waals surface area contributed by atoms with E-state index in [0.29, 0.717) is 5.92 Å². The van der Waals surface area contributed by atoms with E-state index in [1.807, 2.05) is 0 Å². The molecule has 1 heteroatoms. The maximum Gasteiger partial charge on any atom is 0.0568 e. The Morgan fingerprint density at radius 1 is 1.00 bits per heavy atom. The molecule has 1 N–H and O–H groups in total. The fraction of sp³-hybridized carbons (Fsp3) is 1.00. The molecule has 0 aromatic carbocycles. The summed E-state index contributed by atoms with van der Waals surface area (Å²) < 4.78 is 0. The third-order valence-electron chi connectivity index (χ3n) is 4.95. The minimum atomic E-state index is 0.00750. The summed E-state index contributed by atoms with van der Waals surface area (Å²) >= 11 is 0. The van der Waals surface area contributed by atoms with Gasteiger partial charge in [-0.25, -0.2) is 0 Å². The second-order valence-electron chi connectivity index (χ2n) is 6.32. The minimum Gasteiger partial charge on any atom is -0.393 e. The quantitative estimate of drug-likeness (QED) is 0.760. The average Bonchev–Trinajstić information content (AvgIpc) is 2.80. The number of rotatable bonds is 4. The maximum atomic E-state index is 10.2. The molecule has 0 aliphatic heterocycles. The molecular weight excluding hydrogens is 196 g/mol. The highest BCUT2D eigenvalue weighted by Crippen LogP contribution is 2.34. The molecule has 1 atom stereocenters. The van der Waals surface area contributed by atoms with Crippen LogP contribution in [0, 0.1) is 17.8 Å². The van der Waals surface area contributed by atoms with Gasteiger partial charge in [0.05, 0.1) is 6.10 Å². The zero-order valence-electron chi connectivity index (χ0n) is 10.8. The van der Waals surface area contributed by atoms with Crippen LogP contribution in [0.3, 0.4) is 0 Å². The van der Waals surface area contributed by atoms with Gasteiger partial charge in [-0.1, -0.05) is 45.4 Å². The van der Waals surface area contributed by atoms with Gasteiger partial charge in [0.15, 0.2) is 0 Å². The Labute approximate surface area is 101 Å². The molecule has 0 heterocycles. The van der Waals surface area contributed by atoms with Crippen LogP contribution in [0.4, 0.5) is 0 Å². The van der Waals surface area contributed by atoms with Crippen molar-refractivity contribution in [1.82, 2.24) is 0 Å². The first-order valence-corrected chi connectivity index (χ1v) is 7.43. The molecule has 16 heavy (non-hydrogen) atoms. The van der Waals surface area contributed by atoms with E-state index in [-0.39, 0.29) is 6.10 Å². The van der Waals surface area contributed by atoms with Crippen molar-refractivity contribution in [2.24, 2.45) is 17.8 Å². The number of hydrogen-bond acceptors (Lipinski definition) is 1. The van der Waals surface area contributed by atoms with Crippen LogP contribution >= 0.6 is 0 Å². The van der Waals surface area contributed by atoms with E-state index < -0.39 is 0 Å². The molecule has 2 fully saturated rings. The first-order chi connectivity index (χ1) is 7.75. The molecule has 0 radical (unpaired) electrons. The van der Waals surface area contributed by atoms with Crippen LogP contribution in [0.1, 0.15) is 71.1 Å². The molecule has 94 valence electrons. The third kappa shape index (κ3) is 3.48. The zero-order chi connectivity index (χ0) is 11.4. The lowest BCUT2D eigenvalue weighted by Gasteiger charge is -2.30. The number of hydrogen-bond donors (Lipinski definition) is 1. The van der Waals surface area contributed by atoms with E-state index in [9.17, 15) is 5.11 Å². The van der Waals surface area contributed by atoms with Gasteiger partial charge in [-0.3, -0.25) is 0 Å². The van der Waals surface area contributed by atoms with Crippen LogP contribution < -0.4 is 0 Å². The van der Waals surface area contributed by atoms with Gasteiger partial charge >= 0.3 is 0 Å². The van der Waals surface area contributed by atoms with E-state index in [0.717, 1.165) is 18.3 Å². The van der Waals surface area contributed by atoms with Gasteiger partial charge in [0.1, 0.15) is 0 Å². The van der Waals surface area contributed by atoms with Crippen molar-refractivity contribution in [3.05, 3.63) is 0 Å². The molecule has 0 spiro atoms. The monoisotopic (exact) mass is 224 g/mol. The summed E-state index contributed by atoms with van der Waals surface area (Å²) in [7, 11) is 0. The highest BCUT2D eigenvalue weighted by Gasteiger charge is 2.25. The highest BCUT2D eigenvalue weighted by atomic mass is 16.3. The summed E-state index contributed by atoms with van der Waals surface area (Å²) in [6, 6.07) is 0. The average molecular weight is 224 g/mol. The Morgan fingerprint density at radius 2 is 1.62 bits per heavy atom. The molecule has 0 aromatic rings. The maximum absolute atomic E-state index is 10.2. The lowest BCUT2D eigenvalue weighted by atomic mass is 9.78. The fourth-order valence-corrected chi connectivity index (χ4v) is 3.61. The summed E-state index contributed by atoms with van der Waals surface area (Å²) in [4.78, 5) is 0. The largest absolute Gasteiger partial charge is 0.393 e. The topological polar surface area (TPSA) is 20.2 Å². The van der Waals surface area contributed by atoms with Crippen LogP contribution in [0.25, 0.3) is 0 Å². The molecule has 1 nitrogen and oxygen atoms in total. The molecule has 0 amide bonds. The number of aliphatic hydroxyl groups excluding tert-OH is 1. The Balaban J connectivity index is 1.64. The molecule has 2 aliphatic carbocycles. The normalized spacial score (nSPS) is 34.1. The molecule has 2 rings (SSSR count). The predicted molar refractivity (Wildman–Crippen MR) is 68.3 cm³/mol. The molecule has 0 bridgehead atoms. The molecule has 2 aliphatic rings. The second-order valence-corrected chi connectivity index (χ2v) is 6.32. The smallest absolute Gasteiger partial charge is 0.0568 e. The molecule has 0 aromatic heterocycles. The van der Waals surface area contributed by atoms with E-state index >= 15 is 0 Å². The van der Waals surface area contributed by atoms with Crippen molar-refractivity contribution in [2.75, 3.05) is 0 Å². The van der Waals surface area contributed by atoms with Crippen LogP contribution in [-0.4, -0.2) is 11.2 Å². The van der Waals surface area contributed by atoms with Crippen molar-refractivity contribution in [1.29, 1.82) is 0 Å². The Hall–Kier alpha value is -0.0400. The molecule has 1 unspecified atom stereocenters. The highest BCUT2D eigenvalue weighted by molar-refractivity contribution is 4.77. The van der Waals surface area contributed by atoms with Gasteiger partial charge in [-0.15, -0.1) is 0 Å². The van der Waals surface area contributed by atoms with Gasteiger partial charge in [0, 0.05) is 0 Å². The molecular formula is C15H28O. The van der Waals surface area contributed by atoms with E-state index in [2.05, 4.69) is 6.92 Å². The van der Waals surface area contributed by atoms with Gasteiger partial charge in [0.2, 0.25) is 0 Å². The summed E-state index contributed by atoms with van der Waals surface area (Å²) in [6.45, 7) is 2.35.